The molecule has 0 aliphatic heterocycles. The Balaban J connectivity index is 2.63. The van der Waals surface area contributed by atoms with Gasteiger partial charge in [0.25, 0.3) is 0 Å². The lowest BCUT2D eigenvalue weighted by atomic mass is 9.85. The average Bonchev–Trinajstić information content (AvgIpc) is 2.30. The van der Waals surface area contributed by atoms with Crippen molar-refractivity contribution in [3.05, 3.63) is 21.3 Å². The minimum absolute atomic E-state index is 0.183. The van der Waals surface area contributed by atoms with Gasteiger partial charge in [-0.3, -0.25) is 4.79 Å². The maximum absolute atomic E-state index is 10.6. The molecular formula is C10H13ClO2S. The fraction of sp³-hybridized carbons (Fsp3) is 0.500. The quantitative estimate of drug-likeness (QED) is 0.864. The van der Waals surface area contributed by atoms with Crippen molar-refractivity contribution in [2.45, 2.75) is 26.7 Å². The molecule has 0 bridgehead atoms. The smallest absolute Gasteiger partial charge is 0.303 e. The molecule has 1 aromatic rings. The molecule has 0 amide bonds. The van der Waals surface area contributed by atoms with E-state index in [2.05, 4.69) is 0 Å². The standard InChI is InChI=1S/C10H13ClO2S/c1-10(2,6-9(12)13)5-7-3-4-8(11)14-7/h3-4H,5-6H2,1-2H3,(H,12,13). The van der Waals surface area contributed by atoms with Crippen LogP contribution < -0.4 is 0 Å². The summed E-state index contributed by atoms with van der Waals surface area (Å²) in [6.45, 7) is 3.91. The minimum atomic E-state index is -0.752. The Morgan fingerprint density at radius 2 is 2.21 bits per heavy atom. The lowest BCUT2D eigenvalue weighted by molar-refractivity contribution is -0.139. The van der Waals surface area contributed by atoms with E-state index in [9.17, 15) is 4.79 Å². The van der Waals surface area contributed by atoms with Crippen LogP contribution in [0.15, 0.2) is 12.1 Å². The van der Waals surface area contributed by atoms with Crippen molar-refractivity contribution in [3.8, 4) is 0 Å². The number of carbonyl (C=O) groups is 1. The van der Waals surface area contributed by atoms with Crippen molar-refractivity contribution in [2.75, 3.05) is 0 Å². The second-order valence-electron chi connectivity index (χ2n) is 4.12. The van der Waals surface area contributed by atoms with Gasteiger partial charge in [-0.1, -0.05) is 25.4 Å². The molecule has 78 valence electrons. The van der Waals surface area contributed by atoms with E-state index in [0.717, 1.165) is 15.6 Å². The molecule has 0 spiro atoms. The Morgan fingerprint density at radius 3 is 2.64 bits per heavy atom. The summed E-state index contributed by atoms with van der Waals surface area (Å²) in [4.78, 5) is 11.7. The first-order chi connectivity index (χ1) is 6.39. The number of aliphatic carboxylic acids is 1. The molecule has 0 saturated heterocycles. The molecule has 0 aliphatic carbocycles. The fourth-order valence-electron chi connectivity index (χ4n) is 1.39. The number of halogens is 1. The molecule has 4 heteroatoms. The first kappa shape index (κ1) is 11.5. The van der Waals surface area contributed by atoms with Crippen LogP contribution >= 0.6 is 22.9 Å². The molecule has 1 rings (SSSR count). The molecule has 0 atom stereocenters. The second-order valence-corrected chi connectivity index (χ2v) is 5.92. The van der Waals surface area contributed by atoms with Crippen LogP contribution in [-0.2, 0) is 11.2 Å². The molecule has 14 heavy (non-hydrogen) atoms. The highest BCUT2D eigenvalue weighted by Gasteiger charge is 2.22. The maximum Gasteiger partial charge on any atom is 0.303 e. The van der Waals surface area contributed by atoms with Crippen molar-refractivity contribution in [1.29, 1.82) is 0 Å². The molecule has 1 N–H and O–H groups in total. The first-order valence-electron chi connectivity index (χ1n) is 4.35. The summed E-state index contributed by atoms with van der Waals surface area (Å²) in [6, 6.07) is 3.80. The predicted molar refractivity (Wildman–Crippen MR) is 59.1 cm³/mol. The van der Waals surface area contributed by atoms with Crippen LogP contribution in [0.2, 0.25) is 4.34 Å². The van der Waals surface area contributed by atoms with Gasteiger partial charge < -0.3 is 5.11 Å². The van der Waals surface area contributed by atoms with Crippen molar-refractivity contribution in [2.24, 2.45) is 5.41 Å². The van der Waals surface area contributed by atoms with Crippen molar-refractivity contribution in [1.82, 2.24) is 0 Å². The molecule has 0 aromatic carbocycles. The van der Waals surface area contributed by atoms with Crippen LogP contribution in [0.5, 0.6) is 0 Å². The van der Waals surface area contributed by atoms with Crippen LogP contribution in [0.4, 0.5) is 0 Å². The summed E-state index contributed by atoms with van der Waals surface area (Å²) in [6.07, 6.45) is 0.944. The minimum Gasteiger partial charge on any atom is -0.481 e. The predicted octanol–water partition coefficient (Wildman–Crippen LogP) is 3.44. The van der Waals surface area contributed by atoms with E-state index in [-0.39, 0.29) is 11.8 Å². The van der Waals surface area contributed by atoms with Gasteiger partial charge in [-0.2, -0.15) is 0 Å². The Bertz CT molecular complexity index is 331. The van der Waals surface area contributed by atoms with Gasteiger partial charge in [-0.15, -0.1) is 11.3 Å². The summed E-state index contributed by atoms with van der Waals surface area (Å²) in [5, 5.41) is 8.71. The lowest BCUT2D eigenvalue weighted by Gasteiger charge is -2.21. The zero-order valence-corrected chi connectivity index (χ0v) is 9.78. The fourth-order valence-corrected chi connectivity index (χ4v) is 2.74. The maximum atomic E-state index is 10.6. The summed E-state index contributed by atoms with van der Waals surface area (Å²) in [5.74, 6) is -0.752. The van der Waals surface area contributed by atoms with Gasteiger partial charge in [0.05, 0.1) is 10.8 Å². The van der Waals surface area contributed by atoms with Crippen LogP contribution in [-0.4, -0.2) is 11.1 Å². The highest BCUT2D eigenvalue weighted by Crippen LogP contribution is 2.31. The zero-order valence-electron chi connectivity index (χ0n) is 8.21. The van der Waals surface area contributed by atoms with E-state index < -0.39 is 5.97 Å². The van der Waals surface area contributed by atoms with Crippen LogP contribution in [0.1, 0.15) is 25.1 Å². The lowest BCUT2D eigenvalue weighted by Crippen LogP contribution is -2.19. The number of thiophene rings is 1. The van der Waals surface area contributed by atoms with Gasteiger partial charge in [0.1, 0.15) is 0 Å². The topological polar surface area (TPSA) is 37.3 Å². The van der Waals surface area contributed by atoms with Gasteiger partial charge in [0.2, 0.25) is 0 Å². The highest BCUT2D eigenvalue weighted by atomic mass is 35.5. The number of hydrogen-bond donors (Lipinski definition) is 1. The monoisotopic (exact) mass is 232 g/mol. The van der Waals surface area contributed by atoms with Crippen molar-refractivity contribution >= 4 is 28.9 Å². The summed E-state index contributed by atoms with van der Waals surface area (Å²) >= 11 is 7.31. The first-order valence-corrected chi connectivity index (χ1v) is 5.54. The van der Waals surface area contributed by atoms with Gasteiger partial charge in [-0.25, -0.2) is 0 Å². The van der Waals surface area contributed by atoms with Crippen LogP contribution in [0, 0.1) is 5.41 Å². The molecule has 0 unspecified atom stereocenters. The summed E-state index contributed by atoms with van der Waals surface area (Å²) in [5.41, 5.74) is -0.208. The third kappa shape index (κ3) is 3.68. The van der Waals surface area contributed by atoms with E-state index >= 15 is 0 Å². The number of carboxylic acid groups (broad SMARTS) is 1. The van der Waals surface area contributed by atoms with E-state index in [0.29, 0.717) is 0 Å². The largest absolute Gasteiger partial charge is 0.481 e. The zero-order chi connectivity index (χ0) is 10.8. The van der Waals surface area contributed by atoms with Gasteiger partial charge in [-0.05, 0) is 24.0 Å². The second kappa shape index (κ2) is 4.32. The van der Waals surface area contributed by atoms with Gasteiger partial charge in [0, 0.05) is 4.88 Å². The third-order valence-electron chi connectivity index (χ3n) is 1.91. The van der Waals surface area contributed by atoms with Gasteiger partial charge in [0.15, 0.2) is 0 Å². The summed E-state index contributed by atoms with van der Waals surface area (Å²) in [7, 11) is 0. The Hall–Kier alpha value is -0.540. The van der Waals surface area contributed by atoms with E-state index in [1.165, 1.54) is 11.3 Å². The molecule has 2 nitrogen and oxygen atoms in total. The van der Waals surface area contributed by atoms with Crippen LogP contribution in [0.3, 0.4) is 0 Å². The van der Waals surface area contributed by atoms with Crippen LogP contribution in [0.25, 0.3) is 0 Å². The van der Waals surface area contributed by atoms with E-state index in [1.807, 2.05) is 26.0 Å². The van der Waals surface area contributed by atoms with Crippen molar-refractivity contribution < 1.29 is 9.90 Å². The molecule has 0 saturated carbocycles. The SMILES string of the molecule is CC(C)(CC(=O)O)Cc1ccc(Cl)s1. The highest BCUT2D eigenvalue weighted by molar-refractivity contribution is 7.16. The van der Waals surface area contributed by atoms with E-state index in [4.69, 9.17) is 16.7 Å². The number of carboxylic acids is 1. The Morgan fingerprint density at radius 1 is 1.57 bits per heavy atom. The number of rotatable bonds is 4. The third-order valence-corrected chi connectivity index (χ3v) is 3.14. The molecular weight excluding hydrogens is 220 g/mol. The Labute approximate surface area is 92.5 Å². The molecule has 1 aromatic heterocycles. The van der Waals surface area contributed by atoms with E-state index in [1.54, 1.807) is 0 Å². The number of hydrogen-bond acceptors (Lipinski definition) is 2. The van der Waals surface area contributed by atoms with Gasteiger partial charge >= 0.3 is 5.97 Å². The molecule has 0 radical (unpaired) electrons. The molecule has 0 fully saturated rings. The molecule has 0 aliphatic rings. The summed E-state index contributed by atoms with van der Waals surface area (Å²) < 4.78 is 0.756. The normalized spacial score (nSPS) is 11.6. The average molecular weight is 233 g/mol. The Kier molecular flexibility index (Phi) is 3.56. The van der Waals surface area contributed by atoms with Crippen molar-refractivity contribution in [3.63, 3.8) is 0 Å². The molecule has 1 heterocycles.